The Hall–Kier alpha value is -2.79. The van der Waals surface area contributed by atoms with E-state index in [2.05, 4.69) is 31.4 Å². The highest BCUT2D eigenvalue weighted by Crippen LogP contribution is 2.12. The number of hydrazone groups is 1. The molecule has 23 heavy (non-hydrogen) atoms. The lowest BCUT2D eigenvalue weighted by Crippen LogP contribution is -2.37. The second-order valence-corrected chi connectivity index (χ2v) is 5.74. The third-order valence-corrected chi connectivity index (χ3v) is 3.40. The molecular weight excluding hydrogens is 340 g/mol. The number of benzene rings is 1. The SMILES string of the molecule is O=C(CNC(=O)Nc1n[nH]c(=S)s1)N/N=C/c1ccccc1O. The standard InChI is InChI=1S/C12H12N6O3S2/c19-8-4-2-1-3-7(8)5-14-16-9(20)6-13-10(21)15-11-17-18-12(22)23-11/h1-5,19H,6H2,(H,16,20)(H,18,22)(H2,13,15,17,21)/b14-5+. The van der Waals surface area contributed by atoms with Crippen molar-refractivity contribution in [3.05, 3.63) is 33.8 Å². The Bertz CT molecular complexity index is 785. The van der Waals surface area contributed by atoms with E-state index in [4.69, 9.17) is 12.2 Å². The summed E-state index contributed by atoms with van der Waals surface area (Å²) in [7, 11) is 0. The van der Waals surface area contributed by atoms with Gasteiger partial charge in [0, 0.05) is 5.56 Å². The van der Waals surface area contributed by atoms with E-state index >= 15 is 0 Å². The van der Waals surface area contributed by atoms with Crippen molar-refractivity contribution in [3.63, 3.8) is 0 Å². The van der Waals surface area contributed by atoms with Crippen molar-refractivity contribution in [2.45, 2.75) is 0 Å². The lowest BCUT2D eigenvalue weighted by atomic mass is 10.2. The fourth-order valence-electron chi connectivity index (χ4n) is 1.40. The van der Waals surface area contributed by atoms with Crippen molar-refractivity contribution >= 4 is 46.8 Å². The van der Waals surface area contributed by atoms with E-state index in [0.717, 1.165) is 11.3 Å². The van der Waals surface area contributed by atoms with Crippen LogP contribution in [0.3, 0.4) is 0 Å². The van der Waals surface area contributed by atoms with E-state index in [-0.39, 0.29) is 12.3 Å². The summed E-state index contributed by atoms with van der Waals surface area (Å²) < 4.78 is 0.427. The first-order valence-electron chi connectivity index (χ1n) is 6.25. The van der Waals surface area contributed by atoms with Gasteiger partial charge in [-0.1, -0.05) is 23.5 Å². The number of aromatic amines is 1. The number of H-pyrrole nitrogens is 1. The predicted octanol–water partition coefficient (Wildman–Crippen LogP) is 1.18. The van der Waals surface area contributed by atoms with Gasteiger partial charge >= 0.3 is 6.03 Å². The lowest BCUT2D eigenvalue weighted by molar-refractivity contribution is -0.120. The molecule has 1 aromatic carbocycles. The molecule has 2 rings (SSSR count). The van der Waals surface area contributed by atoms with Crippen LogP contribution in [-0.2, 0) is 4.79 Å². The molecular formula is C12H12N6O3S2. The lowest BCUT2D eigenvalue weighted by Gasteiger charge is -2.03. The number of carbonyl (C=O) groups is 2. The van der Waals surface area contributed by atoms with E-state index in [1.165, 1.54) is 12.3 Å². The molecule has 1 heterocycles. The topological polar surface area (TPSA) is 132 Å². The number of nitrogens with zero attached hydrogens (tertiary/aromatic N) is 2. The fourth-order valence-corrected chi connectivity index (χ4v) is 2.18. The average Bonchev–Trinajstić information content (AvgIpc) is 2.92. The van der Waals surface area contributed by atoms with Gasteiger partial charge in [0.15, 0.2) is 3.95 Å². The summed E-state index contributed by atoms with van der Waals surface area (Å²) in [5, 5.41) is 24.5. The Morgan fingerprint density at radius 2 is 2.22 bits per heavy atom. The number of anilines is 1. The number of phenols is 1. The Balaban J connectivity index is 1.73. The van der Waals surface area contributed by atoms with Crippen LogP contribution in [-0.4, -0.2) is 40.0 Å². The Morgan fingerprint density at radius 3 is 2.91 bits per heavy atom. The maximum Gasteiger partial charge on any atom is 0.321 e. The zero-order valence-electron chi connectivity index (χ0n) is 11.6. The van der Waals surface area contributed by atoms with Crippen molar-refractivity contribution in [3.8, 4) is 5.75 Å². The zero-order chi connectivity index (χ0) is 16.7. The summed E-state index contributed by atoms with van der Waals surface area (Å²) in [6.07, 6.45) is 1.30. The van der Waals surface area contributed by atoms with Gasteiger partial charge in [-0.3, -0.25) is 15.2 Å². The fraction of sp³-hybridized carbons (Fsp3) is 0.0833. The molecule has 0 fully saturated rings. The molecule has 3 amide bonds. The Morgan fingerprint density at radius 1 is 1.43 bits per heavy atom. The molecule has 0 atom stereocenters. The number of hydrogen-bond donors (Lipinski definition) is 5. The smallest absolute Gasteiger partial charge is 0.321 e. The summed E-state index contributed by atoms with van der Waals surface area (Å²) >= 11 is 5.91. The number of aromatic hydroxyl groups is 1. The second-order valence-electron chi connectivity index (χ2n) is 4.08. The predicted molar refractivity (Wildman–Crippen MR) is 88.2 cm³/mol. The first-order valence-corrected chi connectivity index (χ1v) is 7.47. The van der Waals surface area contributed by atoms with Gasteiger partial charge in [-0.15, -0.1) is 5.10 Å². The van der Waals surface area contributed by atoms with Crippen LogP contribution in [0, 0.1) is 3.95 Å². The van der Waals surface area contributed by atoms with Gasteiger partial charge in [0.05, 0.1) is 6.21 Å². The minimum absolute atomic E-state index is 0.0457. The number of urea groups is 1. The van der Waals surface area contributed by atoms with Crippen molar-refractivity contribution in [2.24, 2.45) is 5.10 Å². The summed E-state index contributed by atoms with van der Waals surface area (Å²) in [4.78, 5) is 23.0. The number of para-hydroxylation sites is 1. The van der Waals surface area contributed by atoms with Crippen LogP contribution in [0.2, 0.25) is 0 Å². The normalized spacial score (nSPS) is 10.4. The molecule has 0 radical (unpaired) electrons. The van der Waals surface area contributed by atoms with E-state index in [1.807, 2.05) is 0 Å². The van der Waals surface area contributed by atoms with Gasteiger partial charge in [0.25, 0.3) is 5.91 Å². The first kappa shape index (κ1) is 16.6. The van der Waals surface area contributed by atoms with Gasteiger partial charge in [0.2, 0.25) is 5.13 Å². The van der Waals surface area contributed by atoms with Crippen LogP contribution in [0.1, 0.15) is 5.56 Å². The van der Waals surface area contributed by atoms with Crippen molar-refractivity contribution in [1.29, 1.82) is 0 Å². The maximum absolute atomic E-state index is 11.5. The molecule has 0 saturated heterocycles. The highest BCUT2D eigenvalue weighted by atomic mass is 32.1. The minimum atomic E-state index is -0.595. The van der Waals surface area contributed by atoms with E-state index in [0.29, 0.717) is 14.6 Å². The quantitative estimate of drug-likeness (QED) is 0.313. The van der Waals surface area contributed by atoms with Crippen molar-refractivity contribution in [1.82, 2.24) is 20.9 Å². The van der Waals surface area contributed by atoms with Gasteiger partial charge < -0.3 is 10.4 Å². The molecule has 2 aromatic rings. The van der Waals surface area contributed by atoms with Gasteiger partial charge in [-0.2, -0.15) is 5.10 Å². The molecule has 0 aliphatic carbocycles. The summed E-state index contributed by atoms with van der Waals surface area (Å²) in [5.74, 6) is -0.481. The van der Waals surface area contributed by atoms with Crippen LogP contribution in [0.5, 0.6) is 5.75 Å². The zero-order valence-corrected chi connectivity index (χ0v) is 13.2. The minimum Gasteiger partial charge on any atom is -0.507 e. The number of phenolic OH excluding ortho intramolecular Hbond substituents is 1. The van der Waals surface area contributed by atoms with Crippen LogP contribution in [0.15, 0.2) is 29.4 Å². The van der Waals surface area contributed by atoms with Gasteiger partial charge in [-0.05, 0) is 24.4 Å². The molecule has 5 N–H and O–H groups in total. The van der Waals surface area contributed by atoms with E-state index in [1.54, 1.807) is 18.2 Å². The van der Waals surface area contributed by atoms with Gasteiger partial charge in [0.1, 0.15) is 12.3 Å². The highest BCUT2D eigenvalue weighted by Gasteiger charge is 2.06. The average molecular weight is 352 g/mol. The van der Waals surface area contributed by atoms with Crippen LogP contribution in [0.25, 0.3) is 0 Å². The Labute approximate surface area is 139 Å². The third-order valence-electron chi connectivity index (χ3n) is 2.40. The number of aromatic nitrogens is 2. The molecule has 0 spiro atoms. The summed E-state index contributed by atoms with van der Waals surface area (Å²) in [6, 6.07) is 5.93. The molecule has 0 unspecified atom stereocenters. The van der Waals surface area contributed by atoms with E-state index in [9.17, 15) is 14.7 Å². The molecule has 0 bridgehead atoms. The molecule has 9 nitrogen and oxygen atoms in total. The number of nitrogens with one attached hydrogen (secondary N) is 4. The van der Waals surface area contributed by atoms with Crippen molar-refractivity contribution < 1.29 is 14.7 Å². The Kier molecular flexibility index (Phi) is 5.77. The largest absolute Gasteiger partial charge is 0.507 e. The van der Waals surface area contributed by atoms with Crippen LogP contribution in [0.4, 0.5) is 9.93 Å². The molecule has 0 aliphatic heterocycles. The van der Waals surface area contributed by atoms with E-state index < -0.39 is 11.9 Å². The number of rotatable bonds is 5. The number of amides is 3. The van der Waals surface area contributed by atoms with Crippen molar-refractivity contribution in [2.75, 3.05) is 11.9 Å². The molecule has 11 heteroatoms. The molecule has 0 saturated carbocycles. The second kappa shape index (κ2) is 8.00. The molecule has 120 valence electrons. The van der Waals surface area contributed by atoms with Crippen LogP contribution < -0.4 is 16.1 Å². The number of hydrogen-bond acceptors (Lipinski definition) is 7. The highest BCUT2D eigenvalue weighted by molar-refractivity contribution is 7.73. The monoisotopic (exact) mass is 352 g/mol. The number of carbonyl (C=O) groups excluding carboxylic acids is 2. The summed E-state index contributed by atoms with van der Waals surface area (Å²) in [5.41, 5.74) is 2.68. The summed E-state index contributed by atoms with van der Waals surface area (Å²) in [6.45, 7) is -0.278. The third kappa shape index (κ3) is 5.48. The first-order chi connectivity index (χ1) is 11.0. The van der Waals surface area contributed by atoms with Gasteiger partial charge in [-0.25, -0.2) is 10.2 Å². The molecule has 1 aromatic heterocycles. The van der Waals surface area contributed by atoms with Crippen LogP contribution >= 0.6 is 23.6 Å². The molecule has 0 aliphatic rings. The maximum atomic E-state index is 11.5.